The van der Waals surface area contributed by atoms with E-state index < -0.39 is 21.3 Å². The molecule has 11 heteroatoms. The third kappa shape index (κ3) is 4.32. The summed E-state index contributed by atoms with van der Waals surface area (Å²) in [5.74, 6) is 0.210. The number of H-pyrrole nitrogens is 2. The van der Waals surface area contributed by atoms with E-state index in [4.69, 9.17) is 5.73 Å². The van der Waals surface area contributed by atoms with E-state index in [1.165, 1.54) is 6.07 Å². The van der Waals surface area contributed by atoms with Gasteiger partial charge in [0.05, 0.1) is 5.39 Å². The van der Waals surface area contributed by atoms with Crippen molar-refractivity contribution in [2.75, 3.05) is 6.54 Å². The van der Waals surface area contributed by atoms with Gasteiger partial charge in [-0.1, -0.05) is 19.3 Å². The standard InChI is InChI=1S/C15H21N5O4S.ClH/c16-7-12(9-4-2-1-3-5-9)20-25(23,24)10-6-11-13(17-8-10)18-15(22)19-14(11)21;/h6,8-9,12,20H,1-5,7,16H2,(H2,17,18,19,21,22);1H. The van der Waals surface area contributed by atoms with Crippen LogP contribution in [-0.4, -0.2) is 36.0 Å². The molecule has 0 amide bonds. The van der Waals surface area contributed by atoms with Crippen LogP contribution >= 0.6 is 12.4 Å². The van der Waals surface area contributed by atoms with Gasteiger partial charge in [-0.25, -0.2) is 22.9 Å². The molecule has 5 N–H and O–H groups in total. The summed E-state index contributed by atoms with van der Waals surface area (Å²) in [6.45, 7) is 0.207. The lowest BCUT2D eigenvalue weighted by Gasteiger charge is -2.29. The van der Waals surface area contributed by atoms with E-state index in [1.54, 1.807) is 0 Å². The zero-order valence-corrected chi connectivity index (χ0v) is 15.7. The van der Waals surface area contributed by atoms with E-state index in [0.29, 0.717) is 0 Å². The molecule has 0 spiro atoms. The number of halogens is 1. The van der Waals surface area contributed by atoms with Crippen molar-refractivity contribution in [3.05, 3.63) is 33.1 Å². The van der Waals surface area contributed by atoms with Crippen molar-refractivity contribution in [2.24, 2.45) is 11.7 Å². The summed E-state index contributed by atoms with van der Waals surface area (Å²) < 4.78 is 28.0. The molecule has 0 saturated heterocycles. The van der Waals surface area contributed by atoms with E-state index in [1.807, 2.05) is 0 Å². The second-order valence-electron chi connectivity index (χ2n) is 6.34. The summed E-state index contributed by atoms with van der Waals surface area (Å²) >= 11 is 0. The molecule has 9 nitrogen and oxygen atoms in total. The minimum absolute atomic E-state index is 0. The van der Waals surface area contributed by atoms with Crippen molar-refractivity contribution in [2.45, 2.75) is 43.0 Å². The number of hydrogen-bond acceptors (Lipinski definition) is 6. The second kappa shape index (κ2) is 8.30. The number of sulfonamides is 1. The lowest BCUT2D eigenvalue weighted by Crippen LogP contribution is -2.45. The first-order valence-electron chi connectivity index (χ1n) is 8.25. The predicted molar refractivity (Wildman–Crippen MR) is 100.0 cm³/mol. The van der Waals surface area contributed by atoms with Crippen molar-refractivity contribution in [3.63, 3.8) is 0 Å². The molecule has 1 aliphatic carbocycles. The largest absolute Gasteiger partial charge is 0.329 e. The van der Waals surface area contributed by atoms with E-state index >= 15 is 0 Å². The number of nitrogens with one attached hydrogen (secondary N) is 3. The van der Waals surface area contributed by atoms with Crippen LogP contribution in [0.25, 0.3) is 11.0 Å². The summed E-state index contributed by atoms with van der Waals surface area (Å²) in [6, 6.07) is 0.850. The van der Waals surface area contributed by atoms with Gasteiger partial charge in [-0.15, -0.1) is 12.4 Å². The minimum Gasteiger partial charge on any atom is -0.329 e. The summed E-state index contributed by atoms with van der Waals surface area (Å²) in [4.78, 5) is 31.3. The maximum absolute atomic E-state index is 12.7. The van der Waals surface area contributed by atoms with Crippen molar-refractivity contribution >= 4 is 33.5 Å². The van der Waals surface area contributed by atoms with Gasteiger partial charge in [0, 0.05) is 18.8 Å². The number of nitrogens with zero attached hydrogens (tertiary/aromatic N) is 1. The molecular formula is C15H22ClN5O4S. The van der Waals surface area contributed by atoms with Crippen LogP contribution in [-0.2, 0) is 10.0 Å². The van der Waals surface area contributed by atoms with Gasteiger partial charge >= 0.3 is 5.69 Å². The molecule has 2 aromatic heterocycles. The maximum Gasteiger partial charge on any atom is 0.327 e. The van der Waals surface area contributed by atoms with E-state index in [0.717, 1.165) is 38.3 Å². The van der Waals surface area contributed by atoms with Crippen molar-refractivity contribution in [3.8, 4) is 0 Å². The normalized spacial score (nSPS) is 17.0. The Balaban J connectivity index is 0.00000243. The highest BCUT2D eigenvalue weighted by atomic mass is 35.5. The van der Waals surface area contributed by atoms with E-state index in [-0.39, 0.29) is 46.8 Å². The minimum atomic E-state index is -3.88. The molecular weight excluding hydrogens is 382 g/mol. The van der Waals surface area contributed by atoms with Crippen LogP contribution < -0.4 is 21.7 Å². The molecule has 1 unspecified atom stereocenters. The summed E-state index contributed by atoms with van der Waals surface area (Å²) in [5, 5.41) is 0.00411. The average molecular weight is 404 g/mol. The number of pyridine rings is 1. The third-order valence-corrected chi connectivity index (χ3v) is 6.11. The fourth-order valence-electron chi connectivity index (χ4n) is 3.32. The van der Waals surface area contributed by atoms with Crippen LogP contribution in [0, 0.1) is 5.92 Å². The third-order valence-electron chi connectivity index (χ3n) is 4.66. The zero-order chi connectivity index (χ0) is 18.0. The average Bonchev–Trinajstić information content (AvgIpc) is 2.60. The Morgan fingerprint density at radius 3 is 2.58 bits per heavy atom. The molecule has 0 aliphatic heterocycles. The number of fused-ring (bicyclic) bond motifs is 1. The predicted octanol–water partition coefficient (Wildman–Crippen LogP) is 0.219. The number of aromatic amines is 2. The SMILES string of the molecule is Cl.NCC(NS(=O)(=O)c1cnc2[nH]c(=O)[nH]c(=O)c2c1)C1CCCCC1. The molecule has 3 rings (SSSR count). The Morgan fingerprint density at radius 2 is 1.92 bits per heavy atom. The summed E-state index contributed by atoms with van der Waals surface area (Å²) in [7, 11) is -3.88. The van der Waals surface area contributed by atoms with Crippen molar-refractivity contribution in [1.82, 2.24) is 19.7 Å². The summed E-state index contributed by atoms with van der Waals surface area (Å²) in [6.07, 6.45) is 6.32. The first-order chi connectivity index (χ1) is 11.9. The van der Waals surface area contributed by atoms with Gasteiger partial charge in [0.25, 0.3) is 5.56 Å². The Kier molecular flexibility index (Phi) is 6.56. The second-order valence-corrected chi connectivity index (χ2v) is 8.05. The fourth-order valence-corrected chi connectivity index (χ4v) is 4.60. The van der Waals surface area contributed by atoms with Gasteiger partial charge < -0.3 is 5.73 Å². The van der Waals surface area contributed by atoms with E-state index in [9.17, 15) is 18.0 Å². The van der Waals surface area contributed by atoms with Crippen LogP contribution in [0.5, 0.6) is 0 Å². The number of rotatable bonds is 5. The van der Waals surface area contributed by atoms with Gasteiger partial charge in [-0.05, 0) is 24.8 Å². The zero-order valence-electron chi connectivity index (χ0n) is 14.0. The highest BCUT2D eigenvalue weighted by Crippen LogP contribution is 2.27. The number of nitrogens with two attached hydrogens (primary N) is 1. The highest BCUT2D eigenvalue weighted by molar-refractivity contribution is 7.89. The Morgan fingerprint density at radius 1 is 1.23 bits per heavy atom. The summed E-state index contributed by atoms with van der Waals surface area (Å²) in [5.41, 5.74) is 4.44. The fraction of sp³-hybridized carbons (Fsp3) is 0.533. The smallest absolute Gasteiger partial charge is 0.327 e. The molecule has 1 fully saturated rings. The molecule has 1 atom stereocenters. The molecule has 1 aliphatic rings. The lowest BCUT2D eigenvalue weighted by molar-refractivity contribution is 0.294. The first kappa shape index (κ1) is 20.6. The van der Waals surface area contributed by atoms with Crippen molar-refractivity contribution < 1.29 is 8.42 Å². The molecule has 0 aromatic carbocycles. The molecule has 0 radical (unpaired) electrons. The van der Waals surface area contributed by atoms with Crippen LogP contribution in [0.15, 0.2) is 26.7 Å². The Labute approximate surface area is 156 Å². The topological polar surface area (TPSA) is 151 Å². The Hall–Kier alpha value is -1.75. The lowest BCUT2D eigenvalue weighted by atomic mass is 9.84. The first-order valence-corrected chi connectivity index (χ1v) is 9.74. The molecule has 2 heterocycles. The molecule has 144 valence electrons. The van der Waals surface area contributed by atoms with Gasteiger partial charge in [-0.2, -0.15) is 0 Å². The highest BCUT2D eigenvalue weighted by Gasteiger charge is 2.27. The van der Waals surface area contributed by atoms with Gasteiger partial charge in [0.2, 0.25) is 10.0 Å². The Bertz CT molecular complexity index is 981. The maximum atomic E-state index is 12.7. The van der Waals surface area contributed by atoms with Crippen LogP contribution in [0.3, 0.4) is 0 Å². The molecule has 26 heavy (non-hydrogen) atoms. The van der Waals surface area contributed by atoms with Gasteiger partial charge in [0.15, 0.2) is 0 Å². The van der Waals surface area contributed by atoms with Crippen molar-refractivity contribution in [1.29, 1.82) is 0 Å². The van der Waals surface area contributed by atoms with E-state index in [2.05, 4.69) is 19.7 Å². The van der Waals surface area contributed by atoms with Crippen LogP contribution in [0.2, 0.25) is 0 Å². The number of aromatic nitrogens is 3. The quantitative estimate of drug-likeness (QED) is 0.560. The molecule has 0 bridgehead atoms. The van der Waals surface area contributed by atoms with Gasteiger partial charge in [0.1, 0.15) is 10.5 Å². The van der Waals surface area contributed by atoms with Crippen LogP contribution in [0.4, 0.5) is 0 Å². The molecule has 2 aromatic rings. The number of hydrogen-bond donors (Lipinski definition) is 4. The molecule has 1 saturated carbocycles. The van der Waals surface area contributed by atoms with Crippen LogP contribution in [0.1, 0.15) is 32.1 Å². The van der Waals surface area contributed by atoms with Gasteiger partial charge in [-0.3, -0.25) is 14.8 Å². The monoisotopic (exact) mass is 403 g/mol.